The molecule has 1 aromatic heterocycles. The van der Waals surface area contributed by atoms with Gasteiger partial charge in [0, 0.05) is 11.6 Å². The molecule has 0 amide bonds. The molecule has 3 N–H and O–H groups in total. The molecule has 0 aliphatic heterocycles. The largest absolute Gasteiger partial charge is 0.496 e. The van der Waals surface area contributed by atoms with E-state index in [1.54, 1.807) is 7.11 Å². The Labute approximate surface area is 101 Å². The second-order valence-corrected chi connectivity index (χ2v) is 4.18. The summed E-state index contributed by atoms with van der Waals surface area (Å²) in [5.74, 6) is 0.886. The number of ether oxygens (including phenoxy) is 1. The zero-order valence-electron chi connectivity index (χ0n) is 10.3. The quantitative estimate of drug-likeness (QED) is 0.852. The Bertz CT molecular complexity index is 517. The lowest BCUT2D eigenvalue weighted by Crippen LogP contribution is -2.04. The Morgan fingerprint density at radius 3 is 2.65 bits per heavy atom. The smallest absolute Gasteiger partial charge is 0.121 e. The average Bonchev–Trinajstić information content (AvgIpc) is 2.78. The van der Waals surface area contributed by atoms with Gasteiger partial charge in [-0.05, 0) is 43.7 Å². The van der Waals surface area contributed by atoms with Gasteiger partial charge < -0.3 is 10.5 Å². The van der Waals surface area contributed by atoms with Crippen LogP contribution in [0.4, 0.5) is 0 Å². The molecule has 0 bridgehead atoms. The topological polar surface area (TPSA) is 63.9 Å². The Morgan fingerprint density at radius 1 is 1.35 bits per heavy atom. The third-order valence-corrected chi connectivity index (χ3v) is 2.78. The number of nitrogens with two attached hydrogens (primary N) is 1. The standard InChI is InChI=1S/C13H17N3O/c1-8-6-10(4-5-13(8)17-3)12-7-11(9(2)14)15-16-12/h4-7,9H,14H2,1-3H3,(H,15,16). The van der Waals surface area contributed by atoms with Crippen molar-refractivity contribution in [2.24, 2.45) is 5.73 Å². The van der Waals surface area contributed by atoms with Crippen molar-refractivity contribution in [1.29, 1.82) is 0 Å². The number of nitrogens with one attached hydrogen (secondary N) is 1. The number of H-pyrrole nitrogens is 1. The number of methoxy groups -OCH3 is 1. The van der Waals surface area contributed by atoms with Crippen LogP contribution in [-0.4, -0.2) is 17.3 Å². The second kappa shape index (κ2) is 4.59. The van der Waals surface area contributed by atoms with E-state index < -0.39 is 0 Å². The molecule has 4 heteroatoms. The predicted octanol–water partition coefficient (Wildman–Crippen LogP) is 2.41. The van der Waals surface area contributed by atoms with Crippen LogP contribution < -0.4 is 10.5 Å². The summed E-state index contributed by atoms with van der Waals surface area (Å²) >= 11 is 0. The molecule has 1 aromatic carbocycles. The van der Waals surface area contributed by atoms with Crippen LogP contribution in [-0.2, 0) is 0 Å². The maximum absolute atomic E-state index is 5.79. The van der Waals surface area contributed by atoms with Crippen LogP contribution in [0.25, 0.3) is 11.3 Å². The highest BCUT2D eigenvalue weighted by Gasteiger charge is 2.08. The number of benzene rings is 1. The number of hydrogen-bond acceptors (Lipinski definition) is 3. The molecular formula is C13H17N3O. The summed E-state index contributed by atoms with van der Waals surface area (Å²) in [6, 6.07) is 7.94. The molecule has 4 nitrogen and oxygen atoms in total. The van der Waals surface area contributed by atoms with Crippen LogP contribution in [0.1, 0.15) is 24.2 Å². The molecule has 2 aromatic rings. The minimum absolute atomic E-state index is 0.0319. The molecule has 0 aliphatic rings. The van der Waals surface area contributed by atoms with Gasteiger partial charge in [0.05, 0.1) is 18.5 Å². The second-order valence-electron chi connectivity index (χ2n) is 4.18. The molecule has 2 rings (SSSR count). The van der Waals surface area contributed by atoms with Crippen LogP contribution >= 0.6 is 0 Å². The van der Waals surface area contributed by atoms with Crippen molar-refractivity contribution >= 4 is 0 Å². The molecule has 0 radical (unpaired) electrons. The van der Waals surface area contributed by atoms with Gasteiger partial charge in [-0.2, -0.15) is 5.10 Å². The number of nitrogens with zero attached hydrogens (tertiary/aromatic N) is 1. The number of aromatic nitrogens is 2. The Hall–Kier alpha value is -1.81. The van der Waals surface area contributed by atoms with E-state index >= 15 is 0 Å². The summed E-state index contributed by atoms with van der Waals surface area (Å²) in [5.41, 5.74) is 9.79. The van der Waals surface area contributed by atoms with Crippen molar-refractivity contribution < 1.29 is 4.74 Å². The van der Waals surface area contributed by atoms with Crippen LogP contribution in [0.2, 0.25) is 0 Å². The first-order valence-corrected chi connectivity index (χ1v) is 5.57. The van der Waals surface area contributed by atoms with E-state index in [0.29, 0.717) is 0 Å². The maximum Gasteiger partial charge on any atom is 0.121 e. The first-order chi connectivity index (χ1) is 8.11. The molecule has 0 saturated carbocycles. The summed E-state index contributed by atoms with van der Waals surface area (Å²) in [5, 5.41) is 7.20. The summed E-state index contributed by atoms with van der Waals surface area (Å²) in [4.78, 5) is 0. The van der Waals surface area contributed by atoms with Crippen LogP contribution in [0.15, 0.2) is 24.3 Å². The number of rotatable bonds is 3. The highest BCUT2D eigenvalue weighted by molar-refractivity contribution is 5.62. The average molecular weight is 231 g/mol. The van der Waals surface area contributed by atoms with Crippen LogP contribution in [0.5, 0.6) is 5.75 Å². The van der Waals surface area contributed by atoms with Gasteiger partial charge in [0.25, 0.3) is 0 Å². The molecule has 17 heavy (non-hydrogen) atoms. The van der Waals surface area contributed by atoms with E-state index in [-0.39, 0.29) is 6.04 Å². The van der Waals surface area contributed by atoms with Gasteiger partial charge in [0.1, 0.15) is 5.75 Å². The zero-order chi connectivity index (χ0) is 12.4. The van der Waals surface area contributed by atoms with Gasteiger partial charge in [0.15, 0.2) is 0 Å². The molecule has 0 saturated heterocycles. The van der Waals surface area contributed by atoms with Crippen molar-refractivity contribution in [1.82, 2.24) is 10.2 Å². The number of aromatic amines is 1. The molecule has 0 aliphatic carbocycles. The number of aryl methyl sites for hydroxylation is 1. The van der Waals surface area contributed by atoms with Crippen molar-refractivity contribution in [3.63, 3.8) is 0 Å². The maximum atomic E-state index is 5.79. The lowest BCUT2D eigenvalue weighted by atomic mass is 10.1. The zero-order valence-corrected chi connectivity index (χ0v) is 10.3. The first kappa shape index (κ1) is 11.7. The molecule has 1 atom stereocenters. The monoisotopic (exact) mass is 231 g/mol. The van der Waals surface area contributed by atoms with E-state index in [2.05, 4.69) is 16.3 Å². The minimum Gasteiger partial charge on any atom is -0.496 e. The fourth-order valence-corrected chi connectivity index (χ4v) is 1.76. The van der Waals surface area contributed by atoms with Gasteiger partial charge in [-0.15, -0.1) is 0 Å². The highest BCUT2D eigenvalue weighted by Crippen LogP contribution is 2.25. The summed E-state index contributed by atoms with van der Waals surface area (Å²) < 4.78 is 5.23. The lowest BCUT2D eigenvalue weighted by molar-refractivity contribution is 0.412. The first-order valence-electron chi connectivity index (χ1n) is 5.57. The fourth-order valence-electron chi connectivity index (χ4n) is 1.76. The number of hydrogen-bond donors (Lipinski definition) is 2. The van der Waals surface area contributed by atoms with Crippen LogP contribution in [0.3, 0.4) is 0 Å². The van der Waals surface area contributed by atoms with E-state index in [1.165, 1.54) is 0 Å². The SMILES string of the molecule is COc1ccc(-c2cc(C(C)N)[nH]n2)cc1C. The molecular weight excluding hydrogens is 214 g/mol. The summed E-state index contributed by atoms with van der Waals surface area (Å²) in [7, 11) is 1.67. The molecule has 90 valence electrons. The van der Waals surface area contributed by atoms with Crippen molar-refractivity contribution in [2.45, 2.75) is 19.9 Å². The Kier molecular flexibility index (Phi) is 3.15. The van der Waals surface area contributed by atoms with E-state index in [0.717, 1.165) is 28.3 Å². The molecule has 0 spiro atoms. The van der Waals surface area contributed by atoms with Crippen LogP contribution in [0, 0.1) is 6.92 Å². The van der Waals surface area contributed by atoms with E-state index in [1.807, 2.05) is 32.0 Å². The Balaban J connectivity index is 2.36. The fraction of sp³-hybridized carbons (Fsp3) is 0.308. The van der Waals surface area contributed by atoms with Crippen molar-refractivity contribution in [2.75, 3.05) is 7.11 Å². The molecule has 1 heterocycles. The van der Waals surface area contributed by atoms with E-state index in [4.69, 9.17) is 10.5 Å². The Morgan fingerprint density at radius 2 is 2.12 bits per heavy atom. The normalized spacial score (nSPS) is 12.5. The lowest BCUT2D eigenvalue weighted by Gasteiger charge is -2.05. The summed E-state index contributed by atoms with van der Waals surface area (Å²) in [6.07, 6.45) is 0. The van der Waals surface area contributed by atoms with Gasteiger partial charge in [-0.25, -0.2) is 0 Å². The van der Waals surface area contributed by atoms with Gasteiger partial charge in [-0.1, -0.05) is 0 Å². The molecule has 1 unspecified atom stereocenters. The van der Waals surface area contributed by atoms with Crippen molar-refractivity contribution in [3.8, 4) is 17.0 Å². The summed E-state index contributed by atoms with van der Waals surface area (Å²) in [6.45, 7) is 3.94. The predicted molar refractivity (Wildman–Crippen MR) is 67.9 cm³/mol. The van der Waals surface area contributed by atoms with Crippen molar-refractivity contribution in [3.05, 3.63) is 35.5 Å². The van der Waals surface area contributed by atoms with Gasteiger partial charge in [0.2, 0.25) is 0 Å². The third kappa shape index (κ3) is 2.31. The molecule has 0 fully saturated rings. The van der Waals surface area contributed by atoms with Gasteiger partial charge >= 0.3 is 0 Å². The third-order valence-electron chi connectivity index (χ3n) is 2.78. The van der Waals surface area contributed by atoms with Gasteiger partial charge in [-0.3, -0.25) is 5.10 Å². The highest BCUT2D eigenvalue weighted by atomic mass is 16.5. The van der Waals surface area contributed by atoms with E-state index in [9.17, 15) is 0 Å². The minimum atomic E-state index is -0.0319.